The first kappa shape index (κ1) is 43.0. The third-order valence-corrected chi connectivity index (χ3v) is 10.4. The van der Waals surface area contributed by atoms with Gasteiger partial charge in [0.2, 0.25) is 0 Å². The molecule has 0 saturated heterocycles. The minimum absolute atomic E-state index is 0.00979. The Kier molecular flexibility index (Phi) is 18.8. The summed E-state index contributed by atoms with van der Waals surface area (Å²) >= 11 is 0.712. The number of rotatable bonds is 28. The number of nitrogens with zero attached hydrogens (tertiary/aromatic N) is 4. The molecular weight excluding hydrogens is 697 g/mol. The summed E-state index contributed by atoms with van der Waals surface area (Å²) in [4.78, 5) is 23.6. The molecule has 0 aliphatic carbocycles. The molecule has 0 fully saturated rings. The predicted molar refractivity (Wildman–Crippen MR) is 194 cm³/mol. The summed E-state index contributed by atoms with van der Waals surface area (Å²) in [6, 6.07) is 5.75. The van der Waals surface area contributed by atoms with Gasteiger partial charge >= 0.3 is 10.7 Å². The Labute approximate surface area is 298 Å². The number of thiophene rings is 1. The van der Waals surface area contributed by atoms with Gasteiger partial charge in [-0.3, -0.25) is 35.6 Å². The van der Waals surface area contributed by atoms with E-state index < -0.39 is 20.0 Å². The smallest absolute Gasteiger partial charge is 0.336 e. The topological polar surface area (TPSA) is 205 Å². The molecule has 0 aliphatic rings. The lowest BCUT2D eigenvalue weighted by Gasteiger charge is -2.36. The highest BCUT2D eigenvalue weighted by atomic mass is 32.2. The second kappa shape index (κ2) is 21.9. The lowest BCUT2D eigenvalue weighted by atomic mass is 10.1. The zero-order valence-corrected chi connectivity index (χ0v) is 31.3. The molecular formula is C31H53N6O11S2+. The number of likely N-dealkylation sites (N-methyl/N-ethyl adjacent to an activating group) is 2. The summed E-state index contributed by atoms with van der Waals surface area (Å²) in [5.41, 5.74) is 7.93. The van der Waals surface area contributed by atoms with Crippen LogP contribution in [0.1, 0.15) is 38.3 Å². The van der Waals surface area contributed by atoms with Gasteiger partial charge in [-0.05, 0) is 69.7 Å². The second-order valence-corrected chi connectivity index (χ2v) is 14.1. The quantitative estimate of drug-likeness (QED) is 0.0356. The van der Waals surface area contributed by atoms with Gasteiger partial charge in [-0.2, -0.15) is 8.42 Å². The largest absolute Gasteiger partial charge is 0.377 e. The molecule has 1 aromatic heterocycles. The number of anilines is 3. The van der Waals surface area contributed by atoms with Crippen LogP contribution in [-0.4, -0.2) is 125 Å². The van der Waals surface area contributed by atoms with Crippen LogP contribution >= 0.6 is 11.3 Å². The molecule has 1 aromatic carbocycles. The Bertz CT molecular complexity index is 1450. The van der Waals surface area contributed by atoms with E-state index >= 15 is 0 Å². The highest BCUT2D eigenvalue weighted by Gasteiger charge is 2.31. The Morgan fingerprint density at radius 3 is 1.94 bits per heavy atom. The van der Waals surface area contributed by atoms with E-state index in [9.17, 15) is 28.6 Å². The lowest BCUT2D eigenvalue weighted by molar-refractivity contribution is -0.925. The van der Waals surface area contributed by atoms with E-state index in [4.69, 9.17) is 23.5 Å². The number of benzene rings is 1. The molecule has 19 heteroatoms. The Morgan fingerprint density at radius 1 is 0.860 bits per heavy atom. The lowest BCUT2D eigenvalue weighted by Crippen LogP contribution is -2.50. The number of hydrogen-bond donors (Lipinski definition) is 3. The number of nitrogens with one attached hydrogen (secondary N) is 2. The number of hydrazine groups is 1. The predicted octanol–water partition coefficient (Wildman–Crippen LogP) is 4.65. The van der Waals surface area contributed by atoms with Gasteiger partial charge in [-0.1, -0.05) is 0 Å². The van der Waals surface area contributed by atoms with Gasteiger partial charge in [0, 0.05) is 25.2 Å². The molecule has 0 spiro atoms. The fourth-order valence-corrected chi connectivity index (χ4v) is 6.73. The van der Waals surface area contributed by atoms with Gasteiger partial charge < -0.3 is 28.3 Å². The van der Waals surface area contributed by atoms with Crippen molar-refractivity contribution in [2.45, 2.75) is 41.0 Å². The van der Waals surface area contributed by atoms with Gasteiger partial charge in [-0.25, -0.2) is 0 Å². The van der Waals surface area contributed by atoms with Gasteiger partial charge in [-0.15, -0.1) is 0 Å². The highest BCUT2D eigenvalue weighted by Crippen LogP contribution is 2.43. The molecule has 17 nitrogen and oxygen atoms in total. The first-order chi connectivity index (χ1) is 23.8. The molecule has 0 atom stereocenters. The Hall–Kier alpha value is -3.17. The number of nitro groups is 2. The van der Waals surface area contributed by atoms with Crippen molar-refractivity contribution in [2.75, 3.05) is 114 Å². The number of quaternary nitrogens is 1. The molecule has 1 heterocycles. The third kappa shape index (κ3) is 14.6. The summed E-state index contributed by atoms with van der Waals surface area (Å²) in [6.07, 6.45) is 0.410. The zero-order chi connectivity index (χ0) is 37.2. The molecule has 0 saturated carbocycles. The van der Waals surface area contributed by atoms with Gasteiger partial charge in [0.15, 0.2) is 5.00 Å². The van der Waals surface area contributed by atoms with Crippen molar-refractivity contribution in [2.24, 2.45) is 0 Å². The van der Waals surface area contributed by atoms with Crippen molar-refractivity contribution < 1.29 is 46.2 Å². The summed E-state index contributed by atoms with van der Waals surface area (Å²) in [5, 5.41) is 22.5. The van der Waals surface area contributed by atoms with Gasteiger partial charge in [0.1, 0.15) is 12.1 Å². The Morgan fingerprint density at radius 2 is 1.44 bits per heavy atom. The van der Waals surface area contributed by atoms with Crippen LogP contribution in [0.15, 0.2) is 18.2 Å². The first-order valence-corrected chi connectivity index (χ1v) is 19.1. The summed E-state index contributed by atoms with van der Waals surface area (Å²) in [5.74, 6) is -0.224. The van der Waals surface area contributed by atoms with Crippen molar-refractivity contribution in [3.63, 3.8) is 0 Å². The van der Waals surface area contributed by atoms with E-state index in [0.29, 0.717) is 89.4 Å². The van der Waals surface area contributed by atoms with Gasteiger partial charge in [0.25, 0.3) is 10.1 Å². The molecule has 0 unspecified atom stereocenters. The van der Waals surface area contributed by atoms with Crippen molar-refractivity contribution in [1.82, 2.24) is 0 Å². The fraction of sp³-hybridized carbons (Fsp3) is 0.677. The van der Waals surface area contributed by atoms with Crippen molar-refractivity contribution in [3.05, 3.63) is 49.6 Å². The molecule has 0 bridgehead atoms. The van der Waals surface area contributed by atoms with Crippen molar-refractivity contribution in [1.29, 1.82) is 0 Å². The summed E-state index contributed by atoms with van der Waals surface area (Å²) in [6.45, 7) is 17.7. The standard InChI is InChI=1S/C31H52N6O11S2/c1-6-34(27-10-11-28(25(4)24-27)32-33-30-29(35(38)39)26(5)31(49-30)36(40)41)12-15-45-17-19-47-21-22-48-20-18-46-16-14-37(7-2,8-3)13-9-23-50(42,43)44/h10-11,24,32-33H,6-9,12-23H2,1-5H3/p+1. The molecule has 2 rings (SSSR count). The number of ether oxygens (including phenoxy) is 4. The van der Waals surface area contributed by atoms with Crippen molar-refractivity contribution >= 4 is 48.5 Å². The SMILES string of the molecule is CCN(CCOCCOCCOCCOCC[N+](CC)(CC)CCCS(=O)(=O)O)c1ccc(NNc2sc([N+](=O)[O-])c(C)c2[N+](=O)[O-])c(C)c1. The molecule has 284 valence electrons. The monoisotopic (exact) mass is 749 g/mol. The maximum absolute atomic E-state index is 11.5. The second-order valence-electron chi connectivity index (χ2n) is 11.6. The van der Waals surface area contributed by atoms with Crippen LogP contribution in [0.3, 0.4) is 0 Å². The van der Waals surface area contributed by atoms with E-state index in [-0.39, 0.29) is 27.0 Å². The average molecular weight is 750 g/mol. The van der Waals surface area contributed by atoms with Gasteiger partial charge in [0.05, 0.1) is 93.8 Å². The third-order valence-electron chi connectivity index (χ3n) is 8.41. The summed E-state index contributed by atoms with van der Waals surface area (Å²) < 4.78 is 54.4. The van der Waals surface area contributed by atoms with E-state index in [1.165, 1.54) is 6.92 Å². The Balaban J connectivity index is 1.60. The summed E-state index contributed by atoms with van der Waals surface area (Å²) in [7, 11) is -3.94. The first-order valence-electron chi connectivity index (χ1n) is 16.7. The number of aryl methyl sites for hydroxylation is 1. The molecule has 0 amide bonds. The fourth-order valence-electron chi connectivity index (χ4n) is 5.30. The van der Waals surface area contributed by atoms with Crippen LogP contribution in [0.25, 0.3) is 0 Å². The van der Waals surface area contributed by atoms with Crippen LogP contribution in [0.4, 0.5) is 27.1 Å². The van der Waals surface area contributed by atoms with Crippen LogP contribution in [0.2, 0.25) is 0 Å². The van der Waals surface area contributed by atoms with E-state index in [0.717, 1.165) is 41.9 Å². The van der Waals surface area contributed by atoms with E-state index in [2.05, 4.69) is 29.6 Å². The van der Waals surface area contributed by atoms with E-state index in [1.807, 2.05) is 32.0 Å². The van der Waals surface area contributed by atoms with Crippen molar-refractivity contribution in [3.8, 4) is 0 Å². The normalized spacial score (nSPS) is 11.9. The van der Waals surface area contributed by atoms with Crippen LogP contribution in [-0.2, 0) is 29.1 Å². The molecule has 50 heavy (non-hydrogen) atoms. The minimum Gasteiger partial charge on any atom is -0.377 e. The van der Waals surface area contributed by atoms with Crippen LogP contribution < -0.4 is 15.8 Å². The molecule has 0 radical (unpaired) electrons. The maximum Gasteiger partial charge on any atom is 0.336 e. The minimum atomic E-state index is -3.94. The molecule has 0 aliphatic heterocycles. The molecule has 3 N–H and O–H groups in total. The number of hydrogen-bond acceptors (Lipinski definition) is 14. The van der Waals surface area contributed by atoms with Crippen LogP contribution in [0, 0.1) is 34.1 Å². The molecule has 2 aromatic rings. The van der Waals surface area contributed by atoms with E-state index in [1.54, 1.807) is 0 Å². The average Bonchev–Trinajstić information content (AvgIpc) is 3.41. The maximum atomic E-state index is 11.5. The zero-order valence-electron chi connectivity index (χ0n) is 29.7. The highest BCUT2D eigenvalue weighted by molar-refractivity contribution is 7.85. The van der Waals surface area contributed by atoms with Crippen LogP contribution in [0.5, 0.6) is 0 Å².